The lowest BCUT2D eigenvalue weighted by Crippen LogP contribution is -2.52. The summed E-state index contributed by atoms with van der Waals surface area (Å²) in [6.07, 6.45) is 6.47. The first-order chi connectivity index (χ1) is 12.6. The van der Waals surface area contributed by atoms with E-state index in [9.17, 15) is 9.59 Å². The Balaban J connectivity index is 0.00000261. The van der Waals surface area contributed by atoms with E-state index in [-0.39, 0.29) is 30.3 Å². The molecule has 1 spiro atoms. The molecule has 1 aromatic rings. The first kappa shape index (κ1) is 21.3. The zero-order chi connectivity index (χ0) is 18.4. The number of rotatable bonds is 0. The van der Waals surface area contributed by atoms with E-state index in [1.165, 1.54) is 0 Å². The summed E-state index contributed by atoms with van der Waals surface area (Å²) >= 11 is 0. The minimum Gasteiger partial charge on any atom is -0.489 e. The highest BCUT2D eigenvalue weighted by atomic mass is 35.5. The third-order valence-electron chi connectivity index (χ3n) is 5.04. The zero-order valence-corrected chi connectivity index (χ0v) is 16.4. The number of allylic oxidation sites excluding steroid dienone is 1. The molecule has 2 aliphatic heterocycles. The molecule has 6 nitrogen and oxygen atoms in total. The van der Waals surface area contributed by atoms with Gasteiger partial charge in [-0.05, 0) is 44.9 Å². The fourth-order valence-electron chi connectivity index (χ4n) is 3.51. The van der Waals surface area contributed by atoms with Gasteiger partial charge in [0.1, 0.15) is 12.4 Å². The van der Waals surface area contributed by atoms with Gasteiger partial charge >= 0.3 is 0 Å². The number of benzene rings is 1. The summed E-state index contributed by atoms with van der Waals surface area (Å²) in [6.45, 7) is 4.28. The smallest absolute Gasteiger partial charge is 0.255 e. The quantitative estimate of drug-likeness (QED) is 0.589. The second kappa shape index (κ2) is 9.76. The predicted octanol–water partition coefficient (Wildman–Crippen LogP) is 2.05. The molecule has 0 unspecified atom stereocenters. The summed E-state index contributed by atoms with van der Waals surface area (Å²) in [5, 5.41) is 9.31. The molecule has 0 aliphatic carbocycles. The molecular formula is C20H28ClN3O3. The van der Waals surface area contributed by atoms with E-state index in [0.717, 1.165) is 19.4 Å². The predicted molar refractivity (Wildman–Crippen MR) is 107 cm³/mol. The van der Waals surface area contributed by atoms with Gasteiger partial charge in [-0.1, -0.05) is 24.3 Å². The van der Waals surface area contributed by atoms with Gasteiger partial charge in [0.25, 0.3) is 5.91 Å². The van der Waals surface area contributed by atoms with Crippen LogP contribution in [0.1, 0.15) is 36.5 Å². The summed E-state index contributed by atoms with van der Waals surface area (Å²) in [5.74, 6) is 0.420. The number of para-hydroxylation sites is 1. The Morgan fingerprint density at radius 1 is 1.19 bits per heavy atom. The number of carbonyl (C=O) groups excluding carboxylic acids is 2. The SMILES string of the molecule is C[C@H]1CNC(=O)[C@]2(C/C=C\COc3ccccc3C(=O)N1)CCCNC2.Cl. The van der Waals surface area contributed by atoms with Crippen molar-refractivity contribution in [1.82, 2.24) is 16.0 Å². The molecule has 0 bridgehead atoms. The summed E-state index contributed by atoms with van der Waals surface area (Å²) in [4.78, 5) is 25.4. The molecule has 1 saturated heterocycles. The van der Waals surface area contributed by atoms with Gasteiger partial charge < -0.3 is 20.7 Å². The molecule has 0 saturated carbocycles. The second-order valence-electron chi connectivity index (χ2n) is 7.13. The van der Waals surface area contributed by atoms with Crippen LogP contribution in [-0.2, 0) is 4.79 Å². The molecule has 2 aliphatic rings. The number of carbonyl (C=O) groups is 2. The van der Waals surface area contributed by atoms with Gasteiger partial charge in [0, 0.05) is 19.1 Å². The summed E-state index contributed by atoms with van der Waals surface area (Å²) < 4.78 is 5.78. The van der Waals surface area contributed by atoms with E-state index in [1.807, 2.05) is 31.2 Å². The standard InChI is InChI=1S/C20H27N3O3.ClH/c1-15-13-22-19(25)20(10-6-11-21-14-20)9-4-5-12-26-17-8-3-2-7-16(17)18(24)23-15;/h2-5,7-8,15,21H,6,9-14H2,1H3,(H,22,25)(H,23,24);1H/b5-4-;/t15-,20+;/m0./s1. The molecule has 2 heterocycles. The average Bonchev–Trinajstić information content (AvgIpc) is 2.66. The van der Waals surface area contributed by atoms with Gasteiger partial charge in [-0.15, -0.1) is 12.4 Å². The molecule has 2 atom stereocenters. The molecule has 0 aromatic heterocycles. The van der Waals surface area contributed by atoms with Gasteiger partial charge in [-0.3, -0.25) is 9.59 Å². The molecule has 1 aromatic carbocycles. The Kier molecular flexibility index (Phi) is 7.68. The molecule has 3 N–H and O–H groups in total. The Morgan fingerprint density at radius 3 is 2.78 bits per heavy atom. The summed E-state index contributed by atoms with van der Waals surface area (Å²) in [7, 11) is 0. The van der Waals surface area contributed by atoms with Crippen molar-refractivity contribution in [2.24, 2.45) is 5.41 Å². The van der Waals surface area contributed by atoms with E-state index in [0.29, 0.717) is 37.4 Å². The zero-order valence-electron chi connectivity index (χ0n) is 15.6. The van der Waals surface area contributed by atoms with Crippen LogP contribution in [0.4, 0.5) is 0 Å². The monoisotopic (exact) mass is 393 g/mol. The van der Waals surface area contributed by atoms with Crippen LogP contribution in [0.5, 0.6) is 5.75 Å². The number of hydrogen-bond donors (Lipinski definition) is 3. The Bertz CT molecular complexity index is 687. The molecule has 7 heteroatoms. The normalized spacial score (nSPS) is 27.8. The largest absolute Gasteiger partial charge is 0.489 e. The van der Waals surface area contributed by atoms with Gasteiger partial charge in [-0.2, -0.15) is 0 Å². The highest BCUT2D eigenvalue weighted by Crippen LogP contribution is 2.31. The molecule has 1 fully saturated rings. The van der Waals surface area contributed by atoms with Crippen molar-refractivity contribution in [2.45, 2.75) is 32.2 Å². The van der Waals surface area contributed by atoms with E-state index >= 15 is 0 Å². The Labute approximate surface area is 166 Å². The lowest BCUT2D eigenvalue weighted by molar-refractivity contribution is -0.132. The molecule has 3 rings (SSSR count). The molecule has 2 amide bonds. The molecular weight excluding hydrogens is 366 g/mol. The van der Waals surface area contributed by atoms with E-state index in [2.05, 4.69) is 16.0 Å². The van der Waals surface area contributed by atoms with Crippen molar-refractivity contribution in [2.75, 3.05) is 26.2 Å². The van der Waals surface area contributed by atoms with Gasteiger partial charge in [-0.25, -0.2) is 0 Å². The first-order valence-electron chi connectivity index (χ1n) is 9.27. The van der Waals surface area contributed by atoms with Crippen LogP contribution in [0.15, 0.2) is 36.4 Å². The number of nitrogens with one attached hydrogen (secondary N) is 3. The van der Waals surface area contributed by atoms with Gasteiger partial charge in [0.2, 0.25) is 5.91 Å². The van der Waals surface area contributed by atoms with Crippen LogP contribution in [0.25, 0.3) is 0 Å². The van der Waals surface area contributed by atoms with E-state index in [4.69, 9.17) is 4.74 Å². The Hall–Kier alpha value is -2.05. The van der Waals surface area contributed by atoms with Gasteiger partial charge in [0.15, 0.2) is 0 Å². The highest BCUT2D eigenvalue weighted by molar-refractivity contribution is 5.97. The lowest BCUT2D eigenvalue weighted by Gasteiger charge is -2.36. The maximum atomic E-state index is 12.9. The molecule has 148 valence electrons. The van der Waals surface area contributed by atoms with Crippen molar-refractivity contribution in [3.05, 3.63) is 42.0 Å². The third-order valence-corrected chi connectivity index (χ3v) is 5.04. The number of hydrogen-bond acceptors (Lipinski definition) is 4. The molecule has 0 radical (unpaired) electrons. The van der Waals surface area contributed by atoms with Crippen LogP contribution >= 0.6 is 12.4 Å². The van der Waals surface area contributed by atoms with Crippen molar-refractivity contribution in [1.29, 1.82) is 0 Å². The van der Waals surface area contributed by atoms with Crippen LogP contribution in [0.2, 0.25) is 0 Å². The van der Waals surface area contributed by atoms with Crippen LogP contribution in [0.3, 0.4) is 0 Å². The van der Waals surface area contributed by atoms with Crippen LogP contribution < -0.4 is 20.7 Å². The number of halogens is 1. The first-order valence-corrected chi connectivity index (χ1v) is 9.27. The lowest BCUT2D eigenvalue weighted by atomic mass is 9.76. The van der Waals surface area contributed by atoms with Crippen LogP contribution in [-0.4, -0.2) is 44.1 Å². The third kappa shape index (κ3) is 5.23. The maximum Gasteiger partial charge on any atom is 0.255 e. The summed E-state index contributed by atoms with van der Waals surface area (Å²) in [6, 6.07) is 7.03. The van der Waals surface area contributed by atoms with Crippen molar-refractivity contribution in [3.8, 4) is 5.75 Å². The summed E-state index contributed by atoms with van der Waals surface area (Å²) in [5.41, 5.74) is 0.0737. The fraction of sp³-hybridized carbons (Fsp3) is 0.500. The van der Waals surface area contributed by atoms with Crippen LogP contribution in [0, 0.1) is 5.41 Å². The van der Waals surface area contributed by atoms with E-state index < -0.39 is 5.41 Å². The fourth-order valence-corrected chi connectivity index (χ4v) is 3.51. The van der Waals surface area contributed by atoms with Crippen molar-refractivity contribution < 1.29 is 14.3 Å². The highest BCUT2D eigenvalue weighted by Gasteiger charge is 2.38. The second-order valence-corrected chi connectivity index (χ2v) is 7.13. The number of ether oxygens (including phenoxy) is 1. The van der Waals surface area contributed by atoms with E-state index in [1.54, 1.807) is 12.1 Å². The van der Waals surface area contributed by atoms with Gasteiger partial charge in [0.05, 0.1) is 11.0 Å². The van der Waals surface area contributed by atoms with Crippen molar-refractivity contribution in [3.63, 3.8) is 0 Å². The number of piperidine rings is 1. The minimum absolute atomic E-state index is 0. The number of amides is 2. The maximum absolute atomic E-state index is 12.9. The number of fused-ring (bicyclic) bond motifs is 1. The minimum atomic E-state index is -0.430. The molecule has 27 heavy (non-hydrogen) atoms. The van der Waals surface area contributed by atoms with Crippen molar-refractivity contribution >= 4 is 24.2 Å². The topological polar surface area (TPSA) is 79.5 Å². The Morgan fingerprint density at radius 2 is 2.00 bits per heavy atom. The average molecular weight is 394 g/mol.